The second-order valence-electron chi connectivity index (χ2n) is 7.19. The molecule has 2 aromatic carbocycles. The number of likely N-dealkylation sites (tertiary alicyclic amines) is 1. The highest BCUT2D eigenvalue weighted by Gasteiger charge is 2.35. The topological polar surface area (TPSA) is 71.4 Å². The zero-order valence-corrected chi connectivity index (χ0v) is 15.4. The molecular weight excluding hydrogens is 346 g/mol. The van der Waals surface area contributed by atoms with E-state index in [2.05, 4.69) is 4.90 Å². The number of fused-ring (bicyclic) bond motifs is 1. The molecular formula is C21H25NO5. The summed E-state index contributed by atoms with van der Waals surface area (Å²) in [7, 11) is 1.63. The molecule has 2 aliphatic heterocycles. The monoisotopic (exact) mass is 371 g/mol. The lowest BCUT2D eigenvalue weighted by atomic mass is 9.84. The number of hydrogen-bond acceptors (Lipinski definition) is 6. The second kappa shape index (κ2) is 7.38. The van der Waals surface area contributed by atoms with Crippen LogP contribution in [0.25, 0.3) is 0 Å². The molecule has 1 saturated heterocycles. The van der Waals surface area contributed by atoms with Crippen molar-refractivity contribution in [2.24, 2.45) is 0 Å². The Balaban J connectivity index is 1.36. The first-order valence-electron chi connectivity index (χ1n) is 9.24. The van der Waals surface area contributed by atoms with Gasteiger partial charge in [-0.05, 0) is 48.2 Å². The number of piperidine rings is 1. The summed E-state index contributed by atoms with van der Waals surface area (Å²) in [6.45, 7) is 2.22. The van der Waals surface area contributed by atoms with Crippen molar-refractivity contribution in [1.82, 2.24) is 4.90 Å². The van der Waals surface area contributed by atoms with E-state index in [-0.39, 0.29) is 6.79 Å². The lowest BCUT2D eigenvalue weighted by Gasteiger charge is -2.39. The summed E-state index contributed by atoms with van der Waals surface area (Å²) in [5.41, 5.74) is 0.859. The number of nitrogens with zero attached hydrogens (tertiary/aromatic N) is 1. The SMILES string of the molecule is COc1ccc(C(O)CN2CCC(O)(c3ccc4c(c3)OCO4)CC2)cc1. The van der Waals surface area contributed by atoms with E-state index in [1.165, 1.54) is 0 Å². The van der Waals surface area contributed by atoms with E-state index >= 15 is 0 Å². The van der Waals surface area contributed by atoms with Gasteiger partial charge in [-0.2, -0.15) is 0 Å². The van der Waals surface area contributed by atoms with E-state index in [4.69, 9.17) is 14.2 Å². The van der Waals surface area contributed by atoms with Crippen molar-refractivity contribution in [3.05, 3.63) is 53.6 Å². The van der Waals surface area contributed by atoms with Gasteiger partial charge in [0.05, 0.1) is 18.8 Å². The van der Waals surface area contributed by atoms with Gasteiger partial charge in [-0.3, -0.25) is 0 Å². The van der Waals surface area contributed by atoms with Crippen molar-refractivity contribution in [2.45, 2.75) is 24.5 Å². The van der Waals surface area contributed by atoms with Crippen LogP contribution in [0.1, 0.15) is 30.1 Å². The molecule has 0 saturated carbocycles. The smallest absolute Gasteiger partial charge is 0.231 e. The number of benzene rings is 2. The minimum absolute atomic E-state index is 0.230. The number of aliphatic hydroxyl groups excluding tert-OH is 1. The van der Waals surface area contributed by atoms with Crippen molar-refractivity contribution in [3.63, 3.8) is 0 Å². The molecule has 2 aromatic rings. The molecule has 0 aliphatic carbocycles. The lowest BCUT2D eigenvalue weighted by molar-refractivity contribution is -0.0345. The highest BCUT2D eigenvalue weighted by atomic mass is 16.7. The maximum absolute atomic E-state index is 11.1. The van der Waals surface area contributed by atoms with Gasteiger partial charge in [-0.25, -0.2) is 0 Å². The van der Waals surface area contributed by atoms with Crippen molar-refractivity contribution in [3.8, 4) is 17.2 Å². The third kappa shape index (κ3) is 3.74. The average Bonchev–Trinajstić information content (AvgIpc) is 3.18. The number of aliphatic hydroxyl groups is 2. The lowest BCUT2D eigenvalue weighted by Crippen LogP contribution is -2.43. The Morgan fingerprint density at radius 1 is 1.07 bits per heavy atom. The quantitative estimate of drug-likeness (QED) is 0.841. The van der Waals surface area contributed by atoms with Crippen LogP contribution in [0.4, 0.5) is 0 Å². The van der Waals surface area contributed by atoms with E-state index in [1.54, 1.807) is 7.11 Å². The van der Waals surface area contributed by atoms with E-state index in [9.17, 15) is 10.2 Å². The molecule has 2 aliphatic rings. The van der Waals surface area contributed by atoms with Gasteiger partial charge in [-0.1, -0.05) is 18.2 Å². The van der Waals surface area contributed by atoms with Crippen molar-refractivity contribution < 1.29 is 24.4 Å². The Bertz CT molecular complexity index is 784. The highest BCUT2D eigenvalue weighted by molar-refractivity contribution is 5.46. The standard InChI is InChI=1S/C21H25NO5/c1-25-17-5-2-15(3-6-17)18(23)13-22-10-8-21(24,9-11-22)16-4-7-19-20(12-16)27-14-26-19/h2-7,12,18,23-24H,8-11,13-14H2,1H3. The third-order valence-corrected chi connectivity index (χ3v) is 5.52. The predicted molar refractivity (Wildman–Crippen MR) is 100 cm³/mol. The summed E-state index contributed by atoms with van der Waals surface area (Å²) in [4.78, 5) is 2.19. The van der Waals surface area contributed by atoms with Crippen LogP contribution in [0.15, 0.2) is 42.5 Å². The molecule has 0 bridgehead atoms. The highest BCUT2D eigenvalue weighted by Crippen LogP contribution is 2.39. The maximum atomic E-state index is 11.1. The Labute approximate surface area is 158 Å². The Morgan fingerprint density at radius 3 is 2.48 bits per heavy atom. The number of ether oxygens (including phenoxy) is 3. The second-order valence-corrected chi connectivity index (χ2v) is 7.19. The minimum atomic E-state index is -0.872. The van der Waals surface area contributed by atoms with Crippen molar-refractivity contribution in [1.29, 1.82) is 0 Å². The summed E-state index contributed by atoms with van der Waals surface area (Å²) in [5.74, 6) is 2.19. The fourth-order valence-electron chi connectivity index (χ4n) is 3.76. The fourth-order valence-corrected chi connectivity index (χ4v) is 3.76. The molecule has 1 fully saturated rings. The molecule has 0 spiro atoms. The van der Waals surface area contributed by atoms with Crippen molar-refractivity contribution in [2.75, 3.05) is 33.5 Å². The maximum Gasteiger partial charge on any atom is 0.231 e. The Kier molecular flexibility index (Phi) is 4.95. The molecule has 144 valence electrons. The molecule has 6 nitrogen and oxygen atoms in total. The number of β-amino-alcohol motifs (C(OH)–C–C–N with tert-alkyl or cyclic N) is 1. The number of rotatable bonds is 5. The average molecular weight is 371 g/mol. The Hall–Kier alpha value is -2.28. The molecule has 1 atom stereocenters. The molecule has 2 N–H and O–H groups in total. The van der Waals surface area contributed by atoms with E-state index < -0.39 is 11.7 Å². The van der Waals surface area contributed by atoms with Crippen LogP contribution in [0, 0.1) is 0 Å². The summed E-state index contributed by atoms with van der Waals surface area (Å²) in [5, 5.41) is 21.6. The normalized spacial score (nSPS) is 19.7. The van der Waals surface area contributed by atoms with Crippen LogP contribution in [-0.2, 0) is 5.60 Å². The van der Waals surface area contributed by atoms with Crippen LogP contribution in [0.3, 0.4) is 0 Å². The van der Waals surface area contributed by atoms with E-state index in [0.717, 1.165) is 35.7 Å². The van der Waals surface area contributed by atoms with Gasteiger partial charge >= 0.3 is 0 Å². The molecule has 2 heterocycles. The Morgan fingerprint density at radius 2 is 1.78 bits per heavy atom. The van der Waals surface area contributed by atoms with Gasteiger partial charge < -0.3 is 29.3 Å². The van der Waals surface area contributed by atoms with Gasteiger partial charge in [0, 0.05) is 19.6 Å². The summed E-state index contributed by atoms with van der Waals surface area (Å²) < 4.78 is 15.9. The van der Waals surface area contributed by atoms with Gasteiger partial charge in [0.2, 0.25) is 6.79 Å². The van der Waals surface area contributed by atoms with Crippen LogP contribution < -0.4 is 14.2 Å². The first-order valence-corrected chi connectivity index (χ1v) is 9.24. The van der Waals surface area contributed by atoms with E-state index in [1.807, 2.05) is 42.5 Å². The molecule has 0 radical (unpaired) electrons. The van der Waals surface area contributed by atoms with Gasteiger partial charge in [-0.15, -0.1) is 0 Å². The first-order chi connectivity index (χ1) is 13.1. The molecule has 0 amide bonds. The van der Waals surface area contributed by atoms with Crippen LogP contribution in [-0.4, -0.2) is 48.6 Å². The summed E-state index contributed by atoms with van der Waals surface area (Å²) in [6.07, 6.45) is 0.664. The van der Waals surface area contributed by atoms with E-state index in [0.29, 0.717) is 25.1 Å². The molecule has 6 heteroatoms. The first kappa shape index (κ1) is 18.1. The third-order valence-electron chi connectivity index (χ3n) is 5.52. The van der Waals surface area contributed by atoms with Crippen molar-refractivity contribution >= 4 is 0 Å². The molecule has 1 unspecified atom stereocenters. The van der Waals surface area contributed by atoms with Gasteiger partial charge in [0.1, 0.15) is 5.75 Å². The molecule has 27 heavy (non-hydrogen) atoms. The zero-order valence-electron chi connectivity index (χ0n) is 15.4. The minimum Gasteiger partial charge on any atom is -0.497 e. The predicted octanol–water partition coefficient (Wildman–Crippen LogP) is 2.44. The number of hydrogen-bond donors (Lipinski definition) is 2. The molecule has 4 rings (SSSR count). The largest absolute Gasteiger partial charge is 0.497 e. The zero-order chi connectivity index (χ0) is 18.9. The van der Waals surface area contributed by atoms with Crippen LogP contribution >= 0.6 is 0 Å². The van der Waals surface area contributed by atoms with Crippen LogP contribution in [0.2, 0.25) is 0 Å². The molecule has 0 aromatic heterocycles. The van der Waals surface area contributed by atoms with Gasteiger partial charge in [0.25, 0.3) is 0 Å². The summed E-state index contributed by atoms with van der Waals surface area (Å²) in [6, 6.07) is 13.1. The summed E-state index contributed by atoms with van der Waals surface area (Å²) >= 11 is 0. The van der Waals surface area contributed by atoms with Gasteiger partial charge in [0.15, 0.2) is 11.5 Å². The number of methoxy groups -OCH3 is 1. The van der Waals surface area contributed by atoms with Crippen LogP contribution in [0.5, 0.6) is 17.2 Å². The fraction of sp³-hybridized carbons (Fsp3) is 0.429.